The Morgan fingerprint density at radius 1 is 1.09 bits per heavy atom. The molecule has 0 bridgehead atoms. The first kappa shape index (κ1) is 8.72. The molecule has 11 heavy (non-hydrogen) atoms. The number of hydrogen-bond donors (Lipinski definition) is 0. The van der Waals surface area contributed by atoms with Gasteiger partial charge in [-0.1, -0.05) is 12.8 Å². The van der Waals surface area contributed by atoms with Crippen LogP contribution in [0, 0.1) is 0 Å². The second kappa shape index (κ2) is 5.30. The van der Waals surface area contributed by atoms with Crippen molar-refractivity contribution in [1.82, 2.24) is 4.90 Å². The van der Waals surface area contributed by atoms with Gasteiger partial charge in [0.1, 0.15) is 0 Å². The summed E-state index contributed by atoms with van der Waals surface area (Å²) >= 11 is 0. The minimum Gasteiger partial charge on any atom is -0.303 e. The molecule has 0 aromatic carbocycles. The SMILES string of the molecule is O=[C]CCN1CCCCCC1. The highest BCUT2D eigenvalue weighted by atomic mass is 16.1. The highest BCUT2D eigenvalue weighted by Crippen LogP contribution is 2.09. The maximum atomic E-state index is 9.98. The third-order valence-corrected chi connectivity index (χ3v) is 2.23. The first-order valence-corrected chi connectivity index (χ1v) is 4.51. The van der Waals surface area contributed by atoms with Crippen LogP contribution in [0.4, 0.5) is 0 Å². The number of likely N-dealkylation sites (tertiary alicyclic amines) is 1. The van der Waals surface area contributed by atoms with Crippen molar-refractivity contribution in [2.45, 2.75) is 32.1 Å². The summed E-state index contributed by atoms with van der Waals surface area (Å²) in [5, 5.41) is 0. The molecule has 0 aromatic rings. The Balaban J connectivity index is 2.14. The normalized spacial score (nSPS) is 21.1. The standard InChI is InChI=1S/C9H16NO/c11-9-5-8-10-6-3-1-2-4-7-10/h1-8H2. The molecule has 0 amide bonds. The number of hydrogen-bond acceptors (Lipinski definition) is 2. The Kier molecular flexibility index (Phi) is 4.21. The molecular formula is C9H16NO. The van der Waals surface area contributed by atoms with Gasteiger partial charge >= 0.3 is 0 Å². The zero-order valence-electron chi connectivity index (χ0n) is 7.01. The Morgan fingerprint density at radius 3 is 2.27 bits per heavy atom. The van der Waals surface area contributed by atoms with Crippen LogP contribution in [0.3, 0.4) is 0 Å². The molecule has 0 aromatic heterocycles. The van der Waals surface area contributed by atoms with E-state index in [9.17, 15) is 4.79 Å². The number of carbonyl (C=O) groups excluding carboxylic acids is 1. The summed E-state index contributed by atoms with van der Waals surface area (Å²) in [5.41, 5.74) is 0. The Morgan fingerprint density at radius 2 is 1.73 bits per heavy atom. The predicted octanol–water partition coefficient (Wildman–Crippen LogP) is 1.36. The van der Waals surface area contributed by atoms with Crippen LogP contribution in [0.5, 0.6) is 0 Å². The van der Waals surface area contributed by atoms with E-state index in [0.717, 1.165) is 6.54 Å². The van der Waals surface area contributed by atoms with Crippen molar-refractivity contribution in [1.29, 1.82) is 0 Å². The molecule has 1 radical (unpaired) electrons. The maximum absolute atomic E-state index is 9.98. The lowest BCUT2D eigenvalue weighted by molar-refractivity contribution is 0.292. The lowest BCUT2D eigenvalue weighted by Gasteiger charge is -2.17. The van der Waals surface area contributed by atoms with Gasteiger partial charge in [-0.3, -0.25) is 4.79 Å². The molecular weight excluding hydrogens is 138 g/mol. The third kappa shape index (κ3) is 3.51. The van der Waals surface area contributed by atoms with E-state index in [-0.39, 0.29) is 0 Å². The molecule has 1 saturated heterocycles. The Labute approximate surface area is 68.6 Å². The molecule has 1 rings (SSSR count). The predicted molar refractivity (Wildman–Crippen MR) is 45.2 cm³/mol. The number of rotatable bonds is 3. The lowest BCUT2D eigenvalue weighted by atomic mass is 10.2. The van der Waals surface area contributed by atoms with E-state index in [1.165, 1.54) is 38.8 Å². The highest BCUT2D eigenvalue weighted by Gasteiger charge is 2.07. The van der Waals surface area contributed by atoms with Crippen molar-refractivity contribution in [2.75, 3.05) is 19.6 Å². The molecule has 0 N–H and O–H groups in total. The topological polar surface area (TPSA) is 20.3 Å². The second-order valence-electron chi connectivity index (χ2n) is 3.15. The van der Waals surface area contributed by atoms with Gasteiger partial charge in [-0.05, 0) is 25.9 Å². The van der Waals surface area contributed by atoms with Crippen molar-refractivity contribution in [2.24, 2.45) is 0 Å². The summed E-state index contributed by atoms with van der Waals surface area (Å²) in [6.45, 7) is 3.28. The molecule has 2 heteroatoms. The van der Waals surface area contributed by atoms with Crippen LogP contribution in [0.25, 0.3) is 0 Å². The van der Waals surface area contributed by atoms with E-state index < -0.39 is 0 Å². The van der Waals surface area contributed by atoms with Gasteiger partial charge in [-0.25, -0.2) is 0 Å². The first-order chi connectivity index (χ1) is 5.43. The fraction of sp³-hybridized carbons (Fsp3) is 0.889. The molecule has 1 fully saturated rings. The Bertz CT molecular complexity index is 106. The van der Waals surface area contributed by atoms with Crippen molar-refractivity contribution < 1.29 is 4.79 Å². The fourth-order valence-corrected chi connectivity index (χ4v) is 1.56. The molecule has 1 aliphatic heterocycles. The van der Waals surface area contributed by atoms with Crippen molar-refractivity contribution >= 4 is 6.29 Å². The van der Waals surface area contributed by atoms with Gasteiger partial charge in [0.25, 0.3) is 0 Å². The van der Waals surface area contributed by atoms with Crippen LogP contribution in [-0.2, 0) is 4.79 Å². The van der Waals surface area contributed by atoms with E-state index in [0.29, 0.717) is 6.42 Å². The van der Waals surface area contributed by atoms with Crippen LogP contribution >= 0.6 is 0 Å². The Hall–Kier alpha value is -0.370. The highest BCUT2D eigenvalue weighted by molar-refractivity contribution is 5.50. The van der Waals surface area contributed by atoms with Gasteiger partial charge < -0.3 is 4.90 Å². The van der Waals surface area contributed by atoms with E-state index >= 15 is 0 Å². The fourth-order valence-electron chi connectivity index (χ4n) is 1.56. The molecule has 1 aliphatic rings. The van der Waals surface area contributed by atoms with Gasteiger partial charge in [-0.15, -0.1) is 0 Å². The average Bonchev–Trinajstić information content (AvgIpc) is 2.28. The first-order valence-electron chi connectivity index (χ1n) is 4.51. The molecule has 0 aliphatic carbocycles. The zero-order chi connectivity index (χ0) is 7.94. The monoisotopic (exact) mass is 154 g/mol. The molecule has 2 nitrogen and oxygen atoms in total. The zero-order valence-corrected chi connectivity index (χ0v) is 7.01. The number of nitrogens with zero attached hydrogens (tertiary/aromatic N) is 1. The minimum atomic E-state index is 0.583. The van der Waals surface area contributed by atoms with Gasteiger partial charge in [0.15, 0.2) is 6.29 Å². The quantitative estimate of drug-likeness (QED) is 0.611. The summed E-state index contributed by atoms with van der Waals surface area (Å²) in [7, 11) is 0. The lowest BCUT2D eigenvalue weighted by Crippen LogP contribution is -2.25. The average molecular weight is 154 g/mol. The van der Waals surface area contributed by atoms with Crippen LogP contribution in [0.2, 0.25) is 0 Å². The molecule has 0 spiro atoms. The van der Waals surface area contributed by atoms with Crippen molar-refractivity contribution in [3.8, 4) is 0 Å². The van der Waals surface area contributed by atoms with Gasteiger partial charge in [-0.2, -0.15) is 0 Å². The summed E-state index contributed by atoms with van der Waals surface area (Å²) in [5.74, 6) is 0. The minimum absolute atomic E-state index is 0.583. The summed E-state index contributed by atoms with van der Waals surface area (Å²) in [4.78, 5) is 12.4. The third-order valence-electron chi connectivity index (χ3n) is 2.23. The second-order valence-corrected chi connectivity index (χ2v) is 3.15. The molecule has 0 atom stereocenters. The van der Waals surface area contributed by atoms with E-state index in [2.05, 4.69) is 4.90 Å². The van der Waals surface area contributed by atoms with Gasteiger partial charge in [0, 0.05) is 13.0 Å². The van der Waals surface area contributed by atoms with Gasteiger partial charge in [0.05, 0.1) is 0 Å². The summed E-state index contributed by atoms with van der Waals surface area (Å²) in [6.07, 6.45) is 7.86. The van der Waals surface area contributed by atoms with Gasteiger partial charge in [0.2, 0.25) is 0 Å². The van der Waals surface area contributed by atoms with Crippen LogP contribution in [0.1, 0.15) is 32.1 Å². The molecule has 0 unspecified atom stereocenters. The maximum Gasteiger partial charge on any atom is 0.199 e. The van der Waals surface area contributed by atoms with Crippen LogP contribution < -0.4 is 0 Å². The molecule has 63 valence electrons. The summed E-state index contributed by atoms with van der Waals surface area (Å²) < 4.78 is 0. The molecule has 0 saturated carbocycles. The van der Waals surface area contributed by atoms with E-state index in [1.807, 2.05) is 6.29 Å². The van der Waals surface area contributed by atoms with Crippen LogP contribution in [0.15, 0.2) is 0 Å². The van der Waals surface area contributed by atoms with Crippen LogP contribution in [-0.4, -0.2) is 30.8 Å². The van der Waals surface area contributed by atoms with Crippen molar-refractivity contribution in [3.63, 3.8) is 0 Å². The van der Waals surface area contributed by atoms with E-state index in [4.69, 9.17) is 0 Å². The smallest absolute Gasteiger partial charge is 0.199 e. The summed E-state index contributed by atoms with van der Waals surface area (Å²) in [6, 6.07) is 0. The van der Waals surface area contributed by atoms with Crippen molar-refractivity contribution in [3.05, 3.63) is 0 Å². The van der Waals surface area contributed by atoms with E-state index in [1.54, 1.807) is 0 Å². The largest absolute Gasteiger partial charge is 0.303 e. The molecule has 1 heterocycles.